The normalized spacial score (nSPS) is 44.2. The van der Waals surface area contributed by atoms with Crippen LogP contribution in [0.15, 0.2) is 0 Å². The number of nitrogens with one attached hydrogen (secondary N) is 1. The number of amides is 1. The van der Waals surface area contributed by atoms with E-state index in [2.05, 4.69) is 19.2 Å². The summed E-state index contributed by atoms with van der Waals surface area (Å²) in [4.78, 5) is 11.6. The van der Waals surface area contributed by atoms with Crippen LogP contribution in [0.5, 0.6) is 0 Å². The summed E-state index contributed by atoms with van der Waals surface area (Å²) in [6, 6.07) is 0. The maximum atomic E-state index is 11.6. The molecule has 0 unspecified atom stereocenters. The molecule has 0 radical (unpaired) electrons. The third kappa shape index (κ3) is 0.999. The van der Waals surface area contributed by atoms with Crippen LogP contribution in [0.25, 0.3) is 0 Å². The summed E-state index contributed by atoms with van der Waals surface area (Å²) in [6.07, 6.45) is 5.98. The SMILES string of the molecule is CC(C)C12CC(NC(=O)C3CC3)(C1)C2. The molecule has 1 amide bonds. The highest BCUT2D eigenvalue weighted by Crippen LogP contribution is 2.70. The van der Waals surface area contributed by atoms with Gasteiger partial charge in [-0.25, -0.2) is 0 Å². The molecule has 0 spiro atoms. The second kappa shape index (κ2) is 2.34. The minimum absolute atomic E-state index is 0.254. The van der Waals surface area contributed by atoms with Crippen molar-refractivity contribution in [3.63, 3.8) is 0 Å². The fourth-order valence-electron chi connectivity index (χ4n) is 3.32. The number of hydrogen-bond donors (Lipinski definition) is 1. The lowest BCUT2D eigenvalue weighted by Gasteiger charge is -2.72. The Kier molecular flexibility index (Phi) is 1.46. The molecule has 4 rings (SSSR count). The van der Waals surface area contributed by atoms with Gasteiger partial charge in [-0.15, -0.1) is 0 Å². The predicted octanol–water partition coefficient (Wildman–Crippen LogP) is 2.09. The fourth-order valence-corrected chi connectivity index (χ4v) is 3.32. The van der Waals surface area contributed by atoms with Crippen molar-refractivity contribution in [2.45, 2.75) is 51.5 Å². The lowest BCUT2D eigenvalue weighted by atomic mass is 9.36. The van der Waals surface area contributed by atoms with E-state index in [9.17, 15) is 4.79 Å². The first kappa shape index (κ1) is 8.75. The lowest BCUT2D eigenvalue weighted by molar-refractivity contribution is -0.187. The minimum atomic E-state index is 0.254. The maximum Gasteiger partial charge on any atom is 0.223 e. The molecule has 4 aliphatic carbocycles. The van der Waals surface area contributed by atoms with E-state index in [1.165, 1.54) is 19.3 Å². The van der Waals surface area contributed by atoms with Crippen molar-refractivity contribution in [3.05, 3.63) is 0 Å². The second-order valence-electron chi connectivity index (χ2n) is 6.09. The van der Waals surface area contributed by atoms with E-state index < -0.39 is 0 Å². The summed E-state index contributed by atoms with van der Waals surface area (Å²) in [5, 5.41) is 3.26. The molecule has 2 heteroatoms. The van der Waals surface area contributed by atoms with Gasteiger partial charge in [-0.2, -0.15) is 0 Å². The van der Waals surface area contributed by atoms with Crippen molar-refractivity contribution in [2.75, 3.05) is 0 Å². The molecule has 0 saturated heterocycles. The maximum absolute atomic E-state index is 11.6. The Balaban J connectivity index is 1.56. The molecule has 1 N–H and O–H groups in total. The van der Waals surface area contributed by atoms with Gasteiger partial charge >= 0.3 is 0 Å². The van der Waals surface area contributed by atoms with Gasteiger partial charge in [0.1, 0.15) is 0 Å². The largest absolute Gasteiger partial charge is 0.350 e. The van der Waals surface area contributed by atoms with Crippen molar-refractivity contribution in [2.24, 2.45) is 17.3 Å². The Hall–Kier alpha value is -0.530. The molecule has 0 aromatic rings. The van der Waals surface area contributed by atoms with Crippen molar-refractivity contribution in [3.8, 4) is 0 Å². The highest BCUT2D eigenvalue weighted by atomic mass is 16.2. The van der Waals surface area contributed by atoms with Crippen molar-refractivity contribution >= 4 is 5.91 Å². The predicted molar refractivity (Wildman–Crippen MR) is 54.7 cm³/mol. The Labute approximate surface area is 85.4 Å². The zero-order valence-electron chi connectivity index (χ0n) is 9.10. The van der Waals surface area contributed by atoms with Gasteiger partial charge in [-0.1, -0.05) is 13.8 Å². The van der Waals surface area contributed by atoms with E-state index in [1.807, 2.05) is 0 Å². The average Bonchev–Trinajstić information content (AvgIpc) is 2.73. The van der Waals surface area contributed by atoms with Crippen LogP contribution in [0.3, 0.4) is 0 Å². The van der Waals surface area contributed by atoms with Crippen LogP contribution in [-0.4, -0.2) is 11.4 Å². The Morgan fingerprint density at radius 3 is 2.29 bits per heavy atom. The molecule has 0 heterocycles. The quantitative estimate of drug-likeness (QED) is 0.730. The summed E-state index contributed by atoms with van der Waals surface area (Å²) >= 11 is 0. The van der Waals surface area contributed by atoms with Crippen molar-refractivity contribution in [1.82, 2.24) is 5.32 Å². The molecule has 0 aromatic heterocycles. The molecule has 4 saturated carbocycles. The van der Waals surface area contributed by atoms with E-state index >= 15 is 0 Å². The van der Waals surface area contributed by atoms with Gasteiger partial charge in [0.15, 0.2) is 0 Å². The van der Waals surface area contributed by atoms with Crippen molar-refractivity contribution < 1.29 is 4.79 Å². The second-order valence-corrected chi connectivity index (χ2v) is 6.09. The third-order valence-corrected chi connectivity index (χ3v) is 4.63. The van der Waals surface area contributed by atoms with Crippen LogP contribution < -0.4 is 5.32 Å². The highest BCUT2D eigenvalue weighted by molar-refractivity contribution is 5.82. The van der Waals surface area contributed by atoms with Crippen LogP contribution in [0.2, 0.25) is 0 Å². The smallest absolute Gasteiger partial charge is 0.223 e. The topological polar surface area (TPSA) is 29.1 Å². The van der Waals surface area contributed by atoms with E-state index in [0.29, 0.717) is 17.2 Å². The van der Waals surface area contributed by atoms with Gasteiger partial charge in [0.05, 0.1) is 0 Å². The molecule has 0 aliphatic heterocycles. The zero-order chi connectivity index (χ0) is 9.97. The van der Waals surface area contributed by atoms with Crippen LogP contribution in [0.1, 0.15) is 46.0 Å². The lowest BCUT2D eigenvalue weighted by Crippen LogP contribution is -2.76. The monoisotopic (exact) mass is 193 g/mol. The van der Waals surface area contributed by atoms with Gasteiger partial charge in [-0.05, 0) is 43.4 Å². The first-order chi connectivity index (χ1) is 6.55. The fraction of sp³-hybridized carbons (Fsp3) is 0.917. The van der Waals surface area contributed by atoms with Gasteiger partial charge in [0.2, 0.25) is 5.91 Å². The van der Waals surface area contributed by atoms with E-state index in [4.69, 9.17) is 0 Å². The van der Waals surface area contributed by atoms with Gasteiger partial charge in [0, 0.05) is 11.5 Å². The molecule has 0 aromatic carbocycles. The van der Waals surface area contributed by atoms with Crippen molar-refractivity contribution in [1.29, 1.82) is 0 Å². The third-order valence-electron chi connectivity index (χ3n) is 4.63. The minimum Gasteiger partial charge on any atom is -0.350 e. The Bertz CT molecular complexity index is 271. The molecule has 78 valence electrons. The molecular weight excluding hydrogens is 174 g/mol. The van der Waals surface area contributed by atoms with Crippen LogP contribution >= 0.6 is 0 Å². The molecule has 2 bridgehead atoms. The standard InChI is InChI=1S/C12H19NO/c1-8(2)11-5-12(6-11,7-11)13-10(14)9-3-4-9/h8-9H,3-7H2,1-2H3,(H,13,14). The molecule has 4 aliphatic rings. The zero-order valence-corrected chi connectivity index (χ0v) is 9.10. The molecule has 4 fully saturated rings. The highest BCUT2D eigenvalue weighted by Gasteiger charge is 2.69. The van der Waals surface area contributed by atoms with Gasteiger partial charge in [0.25, 0.3) is 0 Å². The Morgan fingerprint density at radius 2 is 1.86 bits per heavy atom. The Morgan fingerprint density at radius 1 is 1.29 bits per heavy atom. The summed E-state index contributed by atoms with van der Waals surface area (Å²) in [5.74, 6) is 1.50. The van der Waals surface area contributed by atoms with E-state index in [-0.39, 0.29) is 5.54 Å². The number of carbonyl (C=O) groups is 1. The molecule has 14 heavy (non-hydrogen) atoms. The number of carbonyl (C=O) groups excluding carboxylic acids is 1. The molecule has 0 atom stereocenters. The molecule has 2 nitrogen and oxygen atoms in total. The van der Waals surface area contributed by atoms with Gasteiger partial charge < -0.3 is 5.32 Å². The number of rotatable bonds is 3. The van der Waals surface area contributed by atoms with Gasteiger partial charge in [-0.3, -0.25) is 4.79 Å². The summed E-state index contributed by atoms with van der Waals surface area (Å²) in [6.45, 7) is 4.62. The number of hydrogen-bond acceptors (Lipinski definition) is 1. The van der Waals surface area contributed by atoms with Crippen LogP contribution in [0.4, 0.5) is 0 Å². The molecular formula is C12H19NO. The van der Waals surface area contributed by atoms with E-state index in [1.54, 1.807) is 0 Å². The summed E-state index contributed by atoms with van der Waals surface area (Å²) in [7, 11) is 0. The van der Waals surface area contributed by atoms with Crippen LogP contribution in [-0.2, 0) is 4.79 Å². The first-order valence-electron chi connectivity index (χ1n) is 5.87. The summed E-state index contributed by atoms with van der Waals surface area (Å²) < 4.78 is 0. The van der Waals surface area contributed by atoms with Crippen LogP contribution in [0, 0.1) is 17.3 Å². The van der Waals surface area contributed by atoms with E-state index in [0.717, 1.165) is 18.8 Å². The summed E-state index contributed by atoms with van der Waals surface area (Å²) in [5.41, 5.74) is 0.862. The average molecular weight is 193 g/mol. The first-order valence-corrected chi connectivity index (χ1v) is 5.87.